The van der Waals surface area contributed by atoms with E-state index in [9.17, 15) is 13.2 Å². The van der Waals surface area contributed by atoms with Gasteiger partial charge in [0.05, 0.1) is 4.90 Å². The molecule has 1 saturated heterocycles. The largest absolute Gasteiger partial charge is 0.483 e. The number of sulfonamides is 1. The van der Waals surface area contributed by atoms with E-state index in [1.807, 2.05) is 44.2 Å². The van der Waals surface area contributed by atoms with Crippen LogP contribution in [0.2, 0.25) is 0 Å². The Morgan fingerprint density at radius 1 is 1.00 bits per heavy atom. The van der Waals surface area contributed by atoms with Crippen molar-refractivity contribution in [2.45, 2.75) is 50.8 Å². The van der Waals surface area contributed by atoms with Gasteiger partial charge in [0, 0.05) is 19.6 Å². The normalized spacial score (nSPS) is 15.3. The number of nitrogens with one attached hydrogen (secondary N) is 1. The predicted molar refractivity (Wildman–Crippen MR) is 122 cm³/mol. The van der Waals surface area contributed by atoms with Crippen LogP contribution in [0.1, 0.15) is 42.4 Å². The summed E-state index contributed by atoms with van der Waals surface area (Å²) < 4.78 is 32.9. The number of hydrogen-bond acceptors (Lipinski definition) is 4. The Morgan fingerprint density at radius 3 is 2.35 bits per heavy atom. The number of ether oxygens (including phenoxy) is 1. The van der Waals surface area contributed by atoms with Crippen LogP contribution in [0.3, 0.4) is 0 Å². The monoisotopic (exact) mass is 444 g/mol. The molecule has 2 aromatic carbocycles. The van der Waals surface area contributed by atoms with Gasteiger partial charge in [-0.2, -0.15) is 4.31 Å². The van der Waals surface area contributed by atoms with Crippen LogP contribution >= 0.6 is 0 Å². The molecular formula is C24H32N2O4S. The third kappa shape index (κ3) is 6.31. The fourth-order valence-corrected chi connectivity index (χ4v) is 5.20. The highest BCUT2D eigenvalue weighted by Gasteiger charge is 2.24. The van der Waals surface area contributed by atoms with Crippen molar-refractivity contribution in [3.05, 3.63) is 59.2 Å². The summed E-state index contributed by atoms with van der Waals surface area (Å²) in [4.78, 5) is 12.4. The minimum absolute atomic E-state index is 0.0304. The Balaban J connectivity index is 1.46. The summed E-state index contributed by atoms with van der Waals surface area (Å²) in [7, 11) is -3.43. The first kappa shape index (κ1) is 23.3. The summed E-state index contributed by atoms with van der Waals surface area (Å²) in [6.07, 6.45) is 4.65. The zero-order valence-electron chi connectivity index (χ0n) is 18.4. The number of rotatable bonds is 8. The molecule has 1 amide bonds. The van der Waals surface area contributed by atoms with Crippen LogP contribution in [0.25, 0.3) is 0 Å². The molecule has 0 aliphatic carbocycles. The molecular weight excluding hydrogens is 412 g/mol. The number of carbonyl (C=O) groups is 1. The third-order valence-corrected chi connectivity index (χ3v) is 7.69. The molecule has 1 N–H and O–H groups in total. The Labute approximate surface area is 185 Å². The minimum Gasteiger partial charge on any atom is -0.483 e. The van der Waals surface area contributed by atoms with Crippen LogP contribution in [-0.4, -0.2) is 44.9 Å². The molecule has 1 fully saturated rings. The number of hydrogen-bond donors (Lipinski definition) is 1. The summed E-state index contributed by atoms with van der Waals surface area (Å²) >= 11 is 0. The summed E-state index contributed by atoms with van der Waals surface area (Å²) in [5.74, 6) is 0.539. The molecule has 7 heteroatoms. The summed E-state index contributed by atoms with van der Waals surface area (Å²) in [6.45, 7) is 5.61. The maximum absolute atomic E-state index is 12.8. The maximum atomic E-state index is 12.8. The number of amides is 1. The number of nitrogens with zero attached hydrogens (tertiary/aromatic N) is 1. The van der Waals surface area contributed by atoms with Gasteiger partial charge in [-0.05, 0) is 68.0 Å². The van der Waals surface area contributed by atoms with Crippen molar-refractivity contribution in [2.75, 3.05) is 26.2 Å². The van der Waals surface area contributed by atoms with E-state index in [1.54, 1.807) is 16.4 Å². The molecule has 0 spiro atoms. The van der Waals surface area contributed by atoms with Crippen molar-refractivity contribution in [3.63, 3.8) is 0 Å². The highest BCUT2D eigenvalue weighted by Crippen LogP contribution is 2.21. The van der Waals surface area contributed by atoms with Gasteiger partial charge in [-0.3, -0.25) is 4.79 Å². The van der Waals surface area contributed by atoms with Crippen molar-refractivity contribution < 1.29 is 17.9 Å². The molecule has 6 nitrogen and oxygen atoms in total. The van der Waals surface area contributed by atoms with Crippen molar-refractivity contribution in [3.8, 4) is 5.75 Å². The quantitative estimate of drug-likeness (QED) is 0.675. The first-order valence-electron chi connectivity index (χ1n) is 10.9. The van der Waals surface area contributed by atoms with Gasteiger partial charge in [0.2, 0.25) is 10.0 Å². The van der Waals surface area contributed by atoms with Crippen LogP contribution < -0.4 is 10.1 Å². The third-order valence-electron chi connectivity index (χ3n) is 5.78. The van der Waals surface area contributed by atoms with Crippen molar-refractivity contribution in [2.24, 2.45) is 0 Å². The average Bonchev–Trinajstić information content (AvgIpc) is 3.05. The van der Waals surface area contributed by atoms with Gasteiger partial charge in [-0.15, -0.1) is 0 Å². The number of aryl methyl sites for hydroxylation is 1. The second-order valence-corrected chi connectivity index (χ2v) is 9.99. The fraction of sp³-hybridized carbons (Fsp3) is 0.458. The van der Waals surface area contributed by atoms with Crippen LogP contribution in [0.15, 0.2) is 47.4 Å². The van der Waals surface area contributed by atoms with E-state index in [-0.39, 0.29) is 12.5 Å². The fourth-order valence-electron chi connectivity index (χ4n) is 3.68. The second-order valence-electron chi connectivity index (χ2n) is 8.05. The molecule has 0 unspecified atom stereocenters. The lowest BCUT2D eigenvalue weighted by Gasteiger charge is -2.20. The number of benzene rings is 2. The average molecular weight is 445 g/mol. The Bertz CT molecular complexity index is 979. The molecule has 1 aliphatic heterocycles. The minimum atomic E-state index is -3.43. The SMILES string of the molecule is Cc1cccc(OCC(=O)NCCc2ccc(S(=O)(=O)N3CCCCCC3)cc2)c1C. The molecule has 168 valence electrons. The molecule has 0 atom stereocenters. The van der Waals surface area contributed by atoms with E-state index in [1.165, 1.54) is 0 Å². The first-order valence-corrected chi connectivity index (χ1v) is 12.4. The van der Waals surface area contributed by atoms with Gasteiger partial charge < -0.3 is 10.1 Å². The van der Waals surface area contributed by atoms with Crippen LogP contribution in [0.4, 0.5) is 0 Å². The van der Waals surface area contributed by atoms with Crippen LogP contribution in [0, 0.1) is 13.8 Å². The highest BCUT2D eigenvalue weighted by atomic mass is 32.2. The maximum Gasteiger partial charge on any atom is 0.257 e. The molecule has 2 aromatic rings. The summed E-state index contributed by atoms with van der Waals surface area (Å²) in [6, 6.07) is 12.8. The molecule has 0 bridgehead atoms. The van der Waals surface area contributed by atoms with Crippen molar-refractivity contribution in [1.29, 1.82) is 0 Å². The van der Waals surface area contributed by atoms with Crippen molar-refractivity contribution >= 4 is 15.9 Å². The lowest BCUT2D eigenvalue weighted by Crippen LogP contribution is -2.32. The van der Waals surface area contributed by atoms with Crippen LogP contribution in [0.5, 0.6) is 5.75 Å². The van der Waals surface area contributed by atoms with E-state index < -0.39 is 10.0 Å². The van der Waals surface area contributed by atoms with E-state index in [0.717, 1.165) is 48.1 Å². The molecule has 1 aliphatic rings. The predicted octanol–water partition coefficient (Wildman–Crippen LogP) is 3.61. The first-order chi connectivity index (χ1) is 14.9. The van der Waals surface area contributed by atoms with E-state index in [4.69, 9.17) is 4.74 Å². The zero-order valence-corrected chi connectivity index (χ0v) is 19.2. The molecule has 0 radical (unpaired) electrons. The van der Waals surface area contributed by atoms with E-state index in [2.05, 4.69) is 5.32 Å². The molecule has 0 saturated carbocycles. The summed E-state index contributed by atoms with van der Waals surface area (Å²) in [5.41, 5.74) is 3.13. The van der Waals surface area contributed by atoms with Gasteiger partial charge in [0.15, 0.2) is 6.61 Å². The Kier molecular flexibility index (Phi) is 8.09. The zero-order chi connectivity index (χ0) is 22.3. The molecule has 3 rings (SSSR count). The smallest absolute Gasteiger partial charge is 0.257 e. The van der Waals surface area contributed by atoms with Gasteiger partial charge >= 0.3 is 0 Å². The number of carbonyl (C=O) groups excluding carboxylic acids is 1. The van der Waals surface area contributed by atoms with Crippen molar-refractivity contribution in [1.82, 2.24) is 9.62 Å². The van der Waals surface area contributed by atoms with Gasteiger partial charge in [-0.25, -0.2) is 8.42 Å². The van der Waals surface area contributed by atoms with Gasteiger partial charge in [-0.1, -0.05) is 37.1 Å². The van der Waals surface area contributed by atoms with Gasteiger partial charge in [0.1, 0.15) is 5.75 Å². The lowest BCUT2D eigenvalue weighted by atomic mass is 10.1. The van der Waals surface area contributed by atoms with Gasteiger partial charge in [0.25, 0.3) is 5.91 Å². The Morgan fingerprint density at radius 2 is 1.68 bits per heavy atom. The lowest BCUT2D eigenvalue weighted by molar-refractivity contribution is -0.123. The topological polar surface area (TPSA) is 75.7 Å². The van der Waals surface area contributed by atoms with E-state index in [0.29, 0.717) is 31.0 Å². The summed E-state index contributed by atoms with van der Waals surface area (Å²) in [5, 5.41) is 2.85. The Hall–Kier alpha value is -2.38. The molecule has 0 aromatic heterocycles. The van der Waals surface area contributed by atoms with Crippen LogP contribution in [-0.2, 0) is 21.2 Å². The highest BCUT2D eigenvalue weighted by molar-refractivity contribution is 7.89. The van der Waals surface area contributed by atoms with E-state index >= 15 is 0 Å². The molecule has 1 heterocycles. The second kappa shape index (κ2) is 10.8. The standard InChI is InChI=1S/C24H32N2O4S/c1-19-8-7-9-23(20(19)2)30-18-24(27)25-15-14-21-10-12-22(13-11-21)31(28,29)26-16-5-3-4-6-17-26/h7-13H,3-6,14-18H2,1-2H3,(H,25,27). The molecule has 31 heavy (non-hydrogen) atoms.